The summed E-state index contributed by atoms with van der Waals surface area (Å²) in [4.78, 5) is 57.6. The monoisotopic (exact) mass is 1510 g/mol. The predicted octanol–water partition coefficient (Wildman–Crippen LogP) is 23.6. The third kappa shape index (κ3) is 15.9. The summed E-state index contributed by atoms with van der Waals surface area (Å²) in [5, 5.41) is 13.6. The molecule has 8 aromatic heterocycles. The Bertz CT molecular complexity index is 6770. The van der Waals surface area contributed by atoms with Crippen molar-refractivity contribution in [2.75, 3.05) is 0 Å². The van der Waals surface area contributed by atoms with Gasteiger partial charge in [0, 0.05) is 102 Å². The molecule has 20 aromatic rings. The van der Waals surface area contributed by atoms with E-state index in [0.29, 0.717) is 53.4 Å². The maximum atomic E-state index is 8.88. The van der Waals surface area contributed by atoms with Gasteiger partial charge in [-0.1, -0.05) is 309 Å². The van der Waals surface area contributed by atoms with Gasteiger partial charge in [-0.2, -0.15) is 0 Å². The average molecular weight is 1510 g/mol. The van der Waals surface area contributed by atoms with E-state index in [-0.39, 0.29) is 0 Å². The van der Waals surface area contributed by atoms with Gasteiger partial charge in [0.15, 0.2) is 34.9 Å². The molecule has 14 nitrogen and oxygen atoms in total. The summed E-state index contributed by atoms with van der Waals surface area (Å²) in [7, 11) is 0.674. The number of nitrogens with zero attached hydrogens (tertiary/aromatic N) is 12. The second-order valence-corrected chi connectivity index (χ2v) is 27.7. The number of aromatic nitrogens is 12. The van der Waals surface area contributed by atoms with Crippen molar-refractivity contribution in [3.8, 4) is 152 Å². The van der Waals surface area contributed by atoms with Crippen LogP contribution in [0.25, 0.3) is 190 Å². The zero-order chi connectivity index (χ0) is 77.9. The summed E-state index contributed by atoms with van der Waals surface area (Å²) in [6.07, 6.45) is 6.99. The zero-order valence-corrected chi connectivity index (χ0v) is 62.9. The molecular weight excluding hydrogens is 1450 g/mol. The van der Waals surface area contributed by atoms with Gasteiger partial charge in [0.25, 0.3) is 0 Å². The number of hydrogen-bond donors (Lipinski definition) is 1. The van der Waals surface area contributed by atoms with Crippen LogP contribution >= 0.6 is 11.6 Å². The van der Waals surface area contributed by atoms with E-state index in [1.807, 2.05) is 218 Å². The number of hydrogen-bond acceptors (Lipinski definition) is 14. The van der Waals surface area contributed by atoms with Crippen molar-refractivity contribution in [1.29, 1.82) is 0 Å². The van der Waals surface area contributed by atoms with Gasteiger partial charge in [-0.05, 0) is 100 Å². The normalized spacial score (nSPS) is 11.0. The molecule has 0 saturated carbocycles. The Morgan fingerprint density at radius 3 is 0.991 bits per heavy atom. The maximum Gasteiger partial charge on any atom is 0.569 e. The Morgan fingerprint density at radius 2 is 0.560 bits per heavy atom. The lowest BCUT2D eigenvalue weighted by Gasteiger charge is -2.14. The van der Waals surface area contributed by atoms with E-state index in [1.165, 1.54) is 0 Å². The van der Waals surface area contributed by atoms with E-state index in [2.05, 4.69) is 149 Å². The number of benzene rings is 12. The molecule has 0 aliphatic heterocycles. The van der Waals surface area contributed by atoms with E-state index < -0.39 is 0 Å². The first-order valence-corrected chi connectivity index (χ1v) is 38.1. The minimum atomic E-state index is 0.560. The molecule has 8 heterocycles. The van der Waals surface area contributed by atoms with E-state index in [4.69, 9.17) is 71.1 Å². The summed E-state index contributed by atoms with van der Waals surface area (Å²) < 4.78 is 5.07. The van der Waals surface area contributed by atoms with Crippen molar-refractivity contribution in [1.82, 2.24) is 59.8 Å². The van der Waals surface area contributed by atoms with E-state index >= 15 is 0 Å². The van der Waals surface area contributed by atoms with Crippen LogP contribution in [-0.4, -0.2) is 72.5 Å². The van der Waals surface area contributed by atoms with Crippen molar-refractivity contribution in [3.05, 3.63) is 394 Å². The van der Waals surface area contributed by atoms with Crippen molar-refractivity contribution >= 4 is 62.9 Å². The van der Waals surface area contributed by atoms with E-state index in [0.717, 1.165) is 155 Å². The second kappa shape index (κ2) is 33.3. The van der Waals surface area contributed by atoms with Gasteiger partial charge < -0.3 is 9.68 Å². The Labute approximate surface area is 674 Å². The molecule has 1 N–H and O–H groups in total. The summed E-state index contributed by atoms with van der Waals surface area (Å²) >= 11 is 6.60. The summed E-state index contributed by atoms with van der Waals surface area (Å²) in [5.41, 5.74) is 23.0. The highest BCUT2D eigenvalue weighted by Crippen LogP contribution is 2.40. The SMILES string of the molecule is Clc1cc(-c2ccccc2)nc2c1ccc1ccc(-c3ccccc3)nc12.O[B]Oc1cccc(-c2ccc(-c3nc(-c4ccccc4)nc(-c4cccnc4)n3)cc2)c1.c1ccc(-c2ccc3ccc4c(-c5cccc(-c6ccc(-c7nc(-c8ccccc8)nc(-c8cccnc8)n7)cc6)c5)cc(-c5ccccc5)nc4c3n2)cc1. The topological polar surface area (TPSA) is 184 Å². The Balaban J connectivity index is 0.000000131. The first-order chi connectivity index (χ1) is 57.3. The van der Waals surface area contributed by atoms with Crippen LogP contribution in [0.4, 0.5) is 0 Å². The standard InChI is InChI=1S/C50H32N6.C26H18BN4O2.C24H15ClN2/c1-4-12-34(13-5-1)44-28-26-36-25-27-42-43(31-45(35-14-6-2-7-15-35)53-47(42)46(36)52-44)40-19-10-18-39(30-40)33-21-23-38(24-22-33)49-54-48(37-16-8-3-9-17-37)55-50(56-49)41-20-11-29-51-32-41;32-27-33-23-10-4-8-21(16-23)18-11-13-20(14-12-18)25-29-24(19-6-2-1-3-7-19)30-26(31-25)22-9-5-15-28-17-22;25-20-15-22(17-9-5-2-6-10-17)27-24-19(20)13-11-18-12-14-21(26-23(18)24)16-7-3-1-4-8-16/h1-32H;1-17,32H;1-15H. The lowest BCUT2D eigenvalue weighted by molar-refractivity contribution is 0.454. The molecule has 1 radical (unpaired) electrons. The van der Waals surface area contributed by atoms with Crippen LogP contribution < -0.4 is 4.65 Å². The fourth-order valence-electron chi connectivity index (χ4n) is 14.0. The van der Waals surface area contributed by atoms with Crippen LogP contribution in [-0.2, 0) is 0 Å². The summed E-state index contributed by atoms with van der Waals surface area (Å²) in [6.45, 7) is 0. The van der Waals surface area contributed by atoms with Crippen LogP contribution in [0.3, 0.4) is 0 Å². The molecule has 547 valence electrons. The molecule has 12 aromatic carbocycles. The van der Waals surface area contributed by atoms with E-state index in [1.54, 1.807) is 30.9 Å². The molecule has 0 unspecified atom stereocenters. The van der Waals surface area contributed by atoms with Crippen LogP contribution in [0.15, 0.2) is 389 Å². The van der Waals surface area contributed by atoms with Gasteiger partial charge >= 0.3 is 7.69 Å². The van der Waals surface area contributed by atoms with Crippen molar-refractivity contribution < 1.29 is 9.68 Å². The fraction of sp³-hybridized carbons (Fsp3) is 0. The molecule has 0 amide bonds. The van der Waals surface area contributed by atoms with Gasteiger partial charge in [-0.25, -0.2) is 49.8 Å². The Kier molecular flexibility index (Phi) is 20.8. The van der Waals surface area contributed by atoms with Gasteiger partial charge in [0.05, 0.1) is 49.9 Å². The quantitative estimate of drug-likeness (QED) is 0.0755. The average Bonchev–Trinajstić information content (AvgIpc) is 0.748. The molecule has 0 aliphatic rings. The number of fused-ring (bicyclic) bond motifs is 6. The molecule has 116 heavy (non-hydrogen) atoms. The minimum absolute atomic E-state index is 0.560. The summed E-state index contributed by atoms with van der Waals surface area (Å²) in [6, 6.07) is 122. The Hall–Kier alpha value is -15.3. The highest BCUT2D eigenvalue weighted by Gasteiger charge is 2.20. The molecule has 0 aliphatic carbocycles. The van der Waals surface area contributed by atoms with E-state index in [9.17, 15) is 0 Å². The van der Waals surface area contributed by atoms with Crippen LogP contribution in [0.1, 0.15) is 0 Å². The number of halogens is 1. The number of rotatable bonds is 15. The van der Waals surface area contributed by atoms with Crippen LogP contribution in [0.5, 0.6) is 5.75 Å². The molecule has 16 heteroatoms. The van der Waals surface area contributed by atoms with Gasteiger partial charge in [-0.15, -0.1) is 0 Å². The molecule has 0 atom stereocenters. The predicted molar refractivity (Wildman–Crippen MR) is 467 cm³/mol. The number of pyridine rings is 6. The Morgan fingerprint density at radius 1 is 0.233 bits per heavy atom. The molecule has 0 bridgehead atoms. The molecule has 0 spiro atoms. The highest BCUT2D eigenvalue weighted by molar-refractivity contribution is 6.36. The van der Waals surface area contributed by atoms with Gasteiger partial charge in [0.2, 0.25) is 0 Å². The molecular formula is C100H65BClN12O2. The smallest absolute Gasteiger partial charge is 0.537 e. The fourth-order valence-corrected chi connectivity index (χ4v) is 14.2. The first kappa shape index (κ1) is 72.3. The second-order valence-electron chi connectivity index (χ2n) is 27.3. The third-order valence-corrected chi connectivity index (χ3v) is 20.1. The van der Waals surface area contributed by atoms with Gasteiger partial charge in [-0.3, -0.25) is 9.97 Å². The largest absolute Gasteiger partial charge is 0.569 e. The lowest BCUT2D eigenvalue weighted by Crippen LogP contribution is -2.00. The molecule has 0 fully saturated rings. The van der Waals surface area contributed by atoms with Crippen molar-refractivity contribution in [3.63, 3.8) is 0 Å². The zero-order valence-electron chi connectivity index (χ0n) is 62.1. The lowest BCUT2D eigenvalue weighted by atomic mass is 9.94. The minimum Gasteiger partial charge on any atom is -0.537 e. The molecule has 20 rings (SSSR count). The highest BCUT2D eigenvalue weighted by atomic mass is 35.5. The maximum absolute atomic E-state index is 8.88. The van der Waals surface area contributed by atoms with Crippen molar-refractivity contribution in [2.24, 2.45) is 0 Å². The van der Waals surface area contributed by atoms with Crippen molar-refractivity contribution in [2.45, 2.75) is 0 Å². The van der Waals surface area contributed by atoms with Gasteiger partial charge in [0.1, 0.15) is 5.75 Å². The third-order valence-electron chi connectivity index (χ3n) is 19.8. The van der Waals surface area contributed by atoms with Crippen LogP contribution in [0, 0.1) is 0 Å². The molecule has 0 saturated heterocycles. The van der Waals surface area contributed by atoms with Crippen LogP contribution in [0.2, 0.25) is 5.02 Å². The first-order valence-electron chi connectivity index (χ1n) is 37.7. The summed E-state index contributed by atoms with van der Waals surface area (Å²) in [5.74, 6) is 4.12.